The number of aliphatic carboxylic acids is 1. The first-order valence-corrected chi connectivity index (χ1v) is 9.72. The van der Waals surface area contributed by atoms with E-state index in [2.05, 4.69) is 15.6 Å². The van der Waals surface area contributed by atoms with Crippen LogP contribution in [-0.2, 0) is 22.2 Å². The zero-order valence-electron chi connectivity index (χ0n) is 15.6. The normalized spacial score (nSPS) is 25.6. The van der Waals surface area contributed by atoms with Crippen LogP contribution in [-0.4, -0.2) is 70.9 Å². The van der Waals surface area contributed by atoms with Crippen molar-refractivity contribution in [3.63, 3.8) is 0 Å². The Morgan fingerprint density at radius 3 is 2.55 bits per heavy atom. The summed E-state index contributed by atoms with van der Waals surface area (Å²) in [6.07, 6.45) is -0.775. The van der Waals surface area contributed by atoms with Gasteiger partial charge < -0.3 is 40.1 Å². The van der Waals surface area contributed by atoms with Gasteiger partial charge in [-0.05, 0) is 18.9 Å². The van der Waals surface area contributed by atoms with Crippen LogP contribution < -0.4 is 22.1 Å². The molecular weight excluding hydrogens is 501 g/mol. The summed E-state index contributed by atoms with van der Waals surface area (Å²) >= 11 is 1.53. The Labute approximate surface area is 180 Å². The highest BCUT2D eigenvalue weighted by molar-refractivity contribution is 14.1. The number of aliphatic hydroxyl groups is 1. The van der Waals surface area contributed by atoms with Gasteiger partial charge in [0, 0.05) is 19.4 Å². The molecule has 8 N–H and O–H groups in total. The second kappa shape index (κ2) is 10.1. The van der Waals surface area contributed by atoms with E-state index in [1.54, 1.807) is 0 Å². The van der Waals surface area contributed by atoms with Crippen molar-refractivity contribution in [3.05, 3.63) is 11.8 Å². The first-order chi connectivity index (χ1) is 13.6. The van der Waals surface area contributed by atoms with E-state index in [1.165, 1.54) is 29.9 Å². The van der Waals surface area contributed by atoms with Crippen molar-refractivity contribution >= 4 is 46.7 Å². The molecule has 2 amide bonds. The molecular formula is C16H24IN5O7. The van der Waals surface area contributed by atoms with Crippen LogP contribution in [0.4, 0.5) is 0 Å². The predicted molar refractivity (Wildman–Crippen MR) is 108 cm³/mol. The van der Waals surface area contributed by atoms with Crippen LogP contribution in [0.5, 0.6) is 0 Å². The molecule has 5 atom stereocenters. The smallest absolute Gasteiger partial charge is 0.370 e. The highest BCUT2D eigenvalue weighted by Crippen LogP contribution is 2.29. The van der Waals surface area contributed by atoms with E-state index in [0.717, 1.165) is 18.9 Å². The third-order valence-electron chi connectivity index (χ3n) is 4.43. The van der Waals surface area contributed by atoms with Gasteiger partial charge in [-0.2, -0.15) is 0 Å². The lowest BCUT2D eigenvalue weighted by Crippen LogP contribution is -2.60. The van der Waals surface area contributed by atoms with Crippen molar-refractivity contribution in [2.24, 2.45) is 22.4 Å². The predicted octanol–water partition coefficient (Wildman–Crippen LogP) is -1.88. The van der Waals surface area contributed by atoms with E-state index in [9.17, 15) is 24.6 Å². The fourth-order valence-electron chi connectivity index (χ4n) is 2.94. The molecule has 12 nitrogen and oxygen atoms in total. The van der Waals surface area contributed by atoms with Crippen LogP contribution in [0.15, 0.2) is 16.8 Å². The molecule has 0 aromatic rings. The summed E-state index contributed by atoms with van der Waals surface area (Å²) in [6, 6.07) is -1.91. The molecule has 0 radical (unpaired) electrons. The van der Waals surface area contributed by atoms with E-state index in [1.807, 2.05) is 0 Å². The number of guanidine groups is 1. The van der Waals surface area contributed by atoms with Crippen LogP contribution in [0.25, 0.3) is 0 Å². The van der Waals surface area contributed by atoms with Crippen LogP contribution in [0.3, 0.4) is 0 Å². The second-order valence-corrected chi connectivity index (χ2v) is 7.34. The molecule has 2 rings (SSSR count). The summed E-state index contributed by atoms with van der Waals surface area (Å²) in [5, 5.41) is 25.2. The number of carboxylic acid groups (broad SMARTS) is 1. The number of nitrogens with two attached hydrogens (primary N) is 2. The Hall–Kier alpha value is -2.13. The summed E-state index contributed by atoms with van der Waals surface area (Å²) in [4.78, 5) is 39.0. The standard InChI is InChI=1S/C16H24IN5O7/c1-6(23)21-11-8(22-16(18)19)4-10(15(26)27)28-13(11)12(29-17)9(24)5-20-14(25)7-2-3-7/h4,7-9,11-13,24H,2-3,5H2,1H3,(H,20,25)(H,21,23)(H,26,27)(H4,18,19,22)/t8-,9+,11+,12+,13+/m0/s1. The zero-order valence-corrected chi connectivity index (χ0v) is 17.7. The average Bonchev–Trinajstić information content (AvgIpc) is 3.46. The molecule has 2 aliphatic rings. The molecule has 0 aromatic heterocycles. The highest BCUT2D eigenvalue weighted by atomic mass is 127. The average molecular weight is 525 g/mol. The van der Waals surface area contributed by atoms with Gasteiger partial charge in [-0.25, -0.2) is 9.79 Å². The summed E-state index contributed by atoms with van der Waals surface area (Å²) in [7, 11) is 0. The molecule has 0 bridgehead atoms. The van der Waals surface area contributed by atoms with E-state index in [4.69, 9.17) is 19.3 Å². The molecule has 1 saturated carbocycles. The van der Waals surface area contributed by atoms with Crippen LogP contribution in [0, 0.1) is 5.92 Å². The SMILES string of the molecule is CC(=O)N[C@H]1[C@H]([C@H](OI)[C@H](O)CNC(=O)C2CC2)OC(C(=O)O)=C[C@@H]1N=C(N)N. The summed E-state index contributed by atoms with van der Waals surface area (Å²) < 4.78 is 10.8. The maximum Gasteiger partial charge on any atom is 0.370 e. The number of carbonyl (C=O) groups is 3. The van der Waals surface area contributed by atoms with Crippen molar-refractivity contribution in [1.29, 1.82) is 0 Å². The molecule has 162 valence electrons. The fraction of sp³-hybridized carbons (Fsp3) is 0.625. The molecule has 0 unspecified atom stereocenters. The van der Waals surface area contributed by atoms with Crippen molar-refractivity contribution in [3.8, 4) is 0 Å². The van der Waals surface area contributed by atoms with Crippen molar-refractivity contribution in [2.75, 3.05) is 6.54 Å². The van der Waals surface area contributed by atoms with Gasteiger partial charge in [-0.3, -0.25) is 9.59 Å². The zero-order chi connectivity index (χ0) is 21.7. The number of halogens is 1. The molecule has 29 heavy (non-hydrogen) atoms. The Balaban J connectivity index is 2.28. The van der Waals surface area contributed by atoms with Gasteiger partial charge in [-0.15, -0.1) is 0 Å². The molecule has 0 aromatic carbocycles. The van der Waals surface area contributed by atoms with Gasteiger partial charge >= 0.3 is 5.97 Å². The number of hydrogen-bond acceptors (Lipinski definition) is 7. The number of nitrogens with one attached hydrogen (secondary N) is 2. The van der Waals surface area contributed by atoms with Crippen molar-refractivity contribution < 1.29 is 32.4 Å². The van der Waals surface area contributed by atoms with E-state index < -0.39 is 48.0 Å². The van der Waals surface area contributed by atoms with Gasteiger partial charge in [0.05, 0.1) is 12.1 Å². The topological polar surface area (TPSA) is 199 Å². The van der Waals surface area contributed by atoms with Crippen LogP contribution in [0.1, 0.15) is 19.8 Å². The summed E-state index contributed by atoms with van der Waals surface area (Å²) in [5.41, 5.74) is 10.9. The van der Waals surface area contributed by atoms with Gasteiger partial charge in [0.15, 0.2) is 12.1 Å². The first kappa shape index (κ1) is 23.2. The Bertz CT molecular complexity index is 708. The Morgan fingerprint density at radius 2 is 2.07 bits per heavy atom. The Kier molecular flexibility index (Phi) is 8.04. The molecule has 1 fully saturated rings. The van der Waals surface area contributed by atoms with Crippen molar-refractivity contribution in [2.45, 2.75) is 50.2 Å². The molecule has 1 aliphatic carbocycles. The number of ether oxygens (including phenoxy) is 1. The minimum atomic E-state index is -1.38. The molecule has 0 saturated heterocycles. The number of amides is 2. The van der Waals surface area contributed by atoms with Gasteiger partial charge in [-0.1, -0.05) is 0 Å². The number of aliphatic imine (C=N–C) groups is 1. The number of hydrogen-bond donors (Lipinski definition) is 6. The third-order valence-corrected chi connectivity index (χ3v) is 5.01. The molecule has 1 heterocycles. The van der Waals surface area contributed by atoms with Crippen LogP contribution in [0.2, 0.25) is 0 Å². The quantitative estimate of drug-likeness (QED) is 0.113. The van der Waals surface area contributed by atoms with Crippen LogP contribution >= 0.6 is 23.0 Å². The summed E-state index contributed by atoms with van der Waals surface area (Å²) in [6.45, 7) is 1.11. The van der Waals surface area contributed by atoms with Crippen molar-refractivity contribution in [1.82, 2.24) is 10.6 Å². The fourth-order valence-corrected chi connectivity index (χ4v) is 3.57. The minimum Gasteiger partial charge on any atom is -0.478 e. The molecule has 13 heteroatoms. The lowest BCUT2D eigenvalue weighted by atomic mass is 9.92. The number of nitrogens with zero attached hydrogens (tertiary/aromatic N) is 1. The van der Waals surface area contributed by atoms with E-state index in [-0.39, 0.29) is 24.3 Å². The third kappa shape index (κ3) is 6.43. The number of rotatable bonds is 9. The summed E-state index contributed by atoms with van der Waals surface area (Å²) in [5.74, 6) is -2.84. The maximum atomic E-state index is 11.8. The van der Waals surface area contributed by atoms with E-state index in [0.29, 0.717) is 0 Å². The molecule has 1 aliphatic heterocycles. The molecule has 0 spiro atoms. The number of aliphatic hydroxyl groups excluding tert-OH is 1. The monoisotopic (exact) mass is 525 g/mol. The van der Waals surface area contributed by atoms with Gasteiger partial charge in [0.1, 0.15) is 35.2 Å². The second-order valence-electron chi connectivity index (χ2n) is 6.83. The first-order valence-electron chi connectivity index (χ1n) is 8.84. The largest absolute Gasteiger partial charge is 0.478 e. The van der Waals surface area contributed by atoms with Gasteiger partial charge in [0.2, 0.25) is 17.6 Å². The number of carboxylic acids is 1. The van der Waals surface area contributed by atoms with E-state index >= 15 is 0 Å². The Morgan fingerprint density at radius 1 is 1.41 bits per heavy atom. The maximum absolute atomic E-state index is 11.8. The lowest BCUT2D eigenvalue weighted by Gasteiger charge is -2.39. The number of carbonyl (C=O) groups excluding carboxylic acids is 2. The lowest BCUT2D eigenvalue weighted by molar-refractivity contribution is -0.142. The van der Waals surface area contributed by atoms with Gasteiger partial charge in [0.25, 0.3) is 0 Å². The minimum absolute atomic E-state index is 0.0491. The highest BCUT2D eigenvalue weighted by Gasteiger charge is 2.45.